The van der Waals surface area contributed by atoms with E-state index in [2.05, 4.69) is 4.74 Å². The summed E-state index contributed by atoms with van der Waals surface area (Å²) in [7, 11) is 5.49. The van der Waals surface area contributed by atoms with Crippen LogP contribution in [0, 0.1) is 11.8 Å². The van der Waals surface area contributed by atoms with E-state index in [1.165, 1.54) is 7.11 Å². The van der Waals surface area contributed by atoms with Crippen molar-refractivity contribution in [3.05, 3.63) is 0 Å². The molecule has 0 aliphatic rings. The van der Waals surface area contributed by atoms with Gasteiger partial charge in [0.1, 0.15) is 0 Å². The van der Waals surface area contributed by atoms with Crippen LogP contribution in [0.1, 0.15) is 41.5 Å². The molecule has 9 heteroatoms. The van der Waals surface area contributed by atoms with E-state index >= 15 is 0 Å². The lowest BCUT2D eigenvalue weighted by Crippen LogP contribution is -2.26. The first kappa shape index (κ1) is 32.4. The molecular formula is C17H38O9. The summed E-state index contributed by atoms with van der Waals surface area (Å²) in [5.41, 5.74) is 0. The Hall–Kier alpha value is -1.26. The van der Waals surface area contributed by atoms with Gasteiger partial charge >= 0.3 is 11.9 Å². The summed E-state index contributed by atoms with van der Waals surface area (Å²) in [5, 5.41) is 32.6. The Bertz CT molecular complexity index is 335. The van der Waals surface area contributed by atoms with Crippen LogP contribution in [0.25, 0.3) is 0 Å². The average molecular weight is 386 g/mol. The smallest absolute Gasteiger partial charge is 0.334 e. The Morgan fingerprint density at radius 3 is 1.15 bits per heavy atom. The summed E-state index contributed by atoms with van der Waals surface area (Å²) < 4.78 is 14.0. The number of aliphatic hydroxyl groups is 3. The van der Waals surface area contributed by atoms with Gasteiger partial charge in [-0.1, -0.05) is 27.7 Å². The summed E-state index contributed by atoms with van der Waals surface area (Å²) >= 11 is 0. The maximum absolute atomic E-state index is 10.5. The lowest BCUT2D eigenvalue weighted by atomic mass is 10.1. The quantitative estimate of drug-likeness (QED) is 0.386. The molecule has 0 saturated heterocycles. The molecule has 0 aliphatic heterocycles. The Kier molecular flexibility index (Phi) is 23.1. The number of carbonyl (C=O) groups excluding carboxylic acids is 1. The van der Waals surface area contributed by atoms with Crippen molar-refractivity contribution in [2.45, 2.75) is 59.5 Å². The fraction of sp³-hybridized carbons (Fsp3) is 0.882. The second-order valence-electron chi connectivity index (χ2n) is 6.05. The first-order valence-electron chi connectivity index (χ1n) is 7.99. The molecule has 26 heavy (non-hydrogen) atoms. The van der Waals surface area contributed by atoms with Crippen molar-refractivity contribution in [3.63, 3.8) is 0 Å². The molecule has 0 unspecified atom stereocenters. The zero-order chi connectivity index (χ0) is 22.1. The lowest BCUT2D eigenvalue weighted by molar-refractivity contribution is -0.178. The topological polar surface area (TPSA) is 143 Å². The average Bonchev–Trinajstić information content (AvgIpc) is 2.62. The van der Waals surface area contributed by atoms with Crippen LogP contribution >= 0.6 is 0 Å². The molecule has 0 aromatic rings. The minimum atomic E-state index is -1.21. The van der Waals surface area contributed by atoms with Crippen molar-refractivity contribution >= 4 is 11.9 Å². The van der Waals surface area contributed by atoms with Crippen LogP contribution in [0.5, 0.6) is 0 Å². The van der Waals surface area contributed by atoms with E-state index in [9.17, 15) is 9.59 Å². The predicted molar refractivity (Wildman–Crippen MR) is 97.6 cm³/mol. The molecule has 0 aliphatic carbocycles. The highest BCUT2D eigenvalue weighted by Crippen LogP contribution is 2.05. The highest BCUT2D eigenvalue weighted by atomic mass is 16.7. The second-order valence-corrected chi connectivity index (χ2v) is 6.05. The van der Waals surface area contributed by atoms with Crippen LogP contribution in [0.3, 0.4) is 0 Å². The molecule has 2 atom stereocenters. The molecule has 0 aromatic heterocycles. The third-order valence-corrected chi connectivity index (χ3v) is 2.94. The third kappa shape index (κ3) is 20.8. The van der Waals surface area contributed by atoms with Crippen LogP contribution in [0.4, 0.5) is 0 Å². The highest BCUT2D eigenvalue weighted by Gasteiger charge is 2.18. The van der Waals surface area contributed by atoms with Crippen molar-refractivity contribution in [2.24, 2.45) is 11.8 Å². The maximum Gasteiger partial charge on any atom is 0.334 e. The van der Waals surface area contributed by atoms with Crippen molar-refractivity contribution in [3.8, 4) is 0 Å². The van der Waals surface area contributed by atoms with Gasteiger partial charge < -0.3 is 34.6 Å². The number of hydrogen-bond acceptors (Lipinski definition) is 8. The zero-order valence-corrected chi connectivity index (χ0v) is 17.6. The molecule has 0 heterocycles. The van der Waals surface area contributed by atoms with Crippen LogP contribution < -0.4 is 0 Å². The summed E-state index contributed by atoms with van der Waals surface area (Å²) in [4.78, 5) is 20.4. The first-order valence-corrected chi connectivity index (χ1v) is 7.99. The highest BCUT2D eigenvalue weighted by molar-refractivity contribution is 5.74. The normalized spacial score (nSPS) is 12.4. The summed E-state index contributed by atoms with van der Waals surface area (Å²) in [6.07, 6.45) is -2.19. The minimum absolute atomic E-state index is 0.0718. The van der Waals surface area contributed by atoms with Gasteiger partial charge in [0.25, 0.3) is 0 Å². The number of aliphatic hydroxyl groups excluding tert-OH is 3. The monoisotopic (exact) mass is 386 g/mol. The summed E-state index contributed by atoms with van der Waals surface area (Å²) in [5.74, 6) is -2.41. The molecule has 0 fully saturated rings. The fourth-order valence-corrected chi connectivity index (χ4v) is 0.761. The Morgan fingerprint density at radius 2 is 1.12 bits per heavy atom. The van der Waals surface area contributed by atoms with E-state index in [1.54, 1.807) is 41.9 Å². The van der Waals surface area contributed by atoms with Crippen LogP contribution in [-0.2, 0) is 23.8 Å². The molecular weight excluding hydrogens is 348 g/mol. The van der Waals surface area contributed by atoms with Crippen molar-refractivity contribution in [1.82, 2.24) is 0 Å². The van der Waals surface area contributed by atoms with Gasteiger partial charge in [-0.25, -0.2) is 9.59 Å². The number of carboxylic acid groups (broad SMARTS) is 1. The van der Waals surface area contributed by atoms with E-state index in [-0.39, 0.29) is 11.8 Å². The number of carbonyl (C=O) groups is 2. The fourth-order valence-electron chi connectivity index (χ4n) is 0.761. The SMILES string of the molecule is CC(C)[C@H](O)C(=O)O.CO.COC(=O)[C@@H](O)C(C)C.COC(C)(C)OC. The Morgan fingerprint density at radius 1 is 0.808 bits per heavy atom. The van der Waals surface area contributed by atoms with E-state index < -0.39 is 29.9 Å². The summed E-state index contributed by atoms with van der Waals surface area (Å²) in [6, 6.07) is 0. The van der Waals surface area contributed by atoms with Crippen LogP contribution in [-0.4, -0.2) is 78.8 Å². The molecule has 0 radical (unpaired) electrons. The van der Waals surface area contributed by atoms with Gasteiger partial charge in [-0.3, -0.25) is 0 Å². The van der Waals surface area contributed by atoms with Crippen molar-refractivity contribution in [1.29, 1.82) is 0 Å². The molecule has 0 rings (SSSR count). The van der Waals surface area contributed by atoms with Gasteiger partial charge in [0.05, 0.1) is 7.11 Å². The number of hydrogen-bond donors (Lipinski definition) is 4. The van der Waals surface area contributed by atoms with Crippen LogP contribution in [0.2, 0.25) is 0 Å². The minimum Gasteiger partial charge on any atom is -0.479 e. The molecule has 0 spiro atoms. The Labute approximate surface area is 156 Å². The van der Waals surface area contributed by atoms with E-state index in [0.29, 0.717) is 0 Å². The Balaban J connectivity index is -0.000000134. The lowest BCUT2D eigenvalue weighted by Gasteiger charge is -2.19. The zero-order valence-electron chi connectivity index (χ0n) is 17.6. The van der Waals surface area contributed by atoms with Crippen LogP contribution in [0.15, 0.2) is 0 Å². The molecule has 4 N–H and O–H groups in total. The maximum atomic E-state index is 10.5. The predicted octanol–water partition coefficient (Wildman–Crippen LogP) is 0.888. The molecule has 0 bridgehead atoms. The largest absolute Gasteiger partial charge is 0.479 e. The number of rotatable bonds is 6. The van der Waals surface area contributed by atoms with Gasteiger partial charge in [-0.05, 0) is 25.7 Å². The van der Waals surface area contributed by atoms with E-state index in [4.69, 9.17) is 29.9 Å². The number of methoxy groups -OCH3 is 3. The summed E-state index contributed by atoms with van der Waals surface area (Å²) in [6.45, 7) is 10.5. The first-order chi connectivity index (χ1) is 11.8. The van der Waals surface area contributed by atoms with E-state index in [1.807, 2.05) is 13.8 Å². The van der Waals surface area contributed by atoms with Gasteiger partial charge in [-0.15, -0.1) is 0 Å². The van der Waals surface area contributed by atoms with Gasteiger partial charge in [0.15, 0.2) is 18.0 Å². The van der Waals surface area contributed by atoms with Gasteiger partial charge in [0.2, 0.25) is 0 Å². The molecule has 0 saturated carbocycles. The van der Waals surface area contributed by atoms with Gasteiger partial charge in [-0.2, -0.15) is 0 Å². The standard InChI is InChI=1S/C6H12O3.C5H10O3.C5H12O2.CH4O/c1-4(2)5(7)6(8)9-3;1-3(2)4(6)5(7)8;1-5(2,6-3)7-4;1-2/h4-5,7H,1-3H3;3-4,6H,1-2H3,(H,7,8);1-4H3;2H,1H3/t5-;4-;;/m00../s1. The van der Waals surface area contributed by atoms with Crippen molar-refractivity contribution in [2.75, 3.05) is 28.4 Å². The third-order valence-electron chi connectivity index (χ3n) is 2.94. The van der Waals surface area contributed by atoms with E-state index in [0.717, 1.165) is 7.11 Å². The molecule has 9 nitrogen and oxygen atoms in total. The molecule has 0 aromatic carbocycles. The number of aliphatic carboxylic acids is 1. The van der Waals surface area contributed by atoms with Gasteiger partial charge in [0, 0.05) is 21.3 Å². The number of esters is 1. The molecule has 0 amide bonds. The number of carboxylic acids is 1. The molecule has 160 valence electrons. The second kappa shape index (κ2) is 18.5. The van der Waals surface area contributed by atoms with Crippen molar-refractivity contribution < 1.29 is 44.2 Å². The number of ether oxygens (including phenoxy) is 3.